The summed E-state index contributed by atoms with van der Waals surface area (Å²) in [5, 5.41) is 11.2. The number of carboxylic acid groups (broad SMARTS) is 1. The number of rotatable bonds is 3. The van der Waals surface area contributed by atoms with Crippen molar-refractivity contribution in [3.63, 3.8) is 0 Å². The second-order valence-electron chi connectivity index (χ2n) is 4.63. The Kier molecular flexibility index (Phi) is 3.31. The van der Waals surface area contributed by atoms with Gasteiger partial charge in [0, 0.05) is 0 Å². The summed E-state index contributed by atoms with van der Waals surface area (Å²) in [5.41, 5.74) is 2.74. The van der Waals surface area contributed by atoms with Crippen molar-refractivity contribution in [1.82, 2.24) is 9.97 Å². The summed E-state index contributed by atoms with van der Waals surface area (Å²) in [6.45, 7) is 3.77. The molecule has 0 atom stereocenters. The minimum absolute atomic E-state index is 0.120. The van der Waals surface area contributed by atoms with E-state index < -0.39 is 5.97 Å². The molecule has 0 aliphatic heterocycles. The molecule has 0 radical (unpaired) electrons. The highest BCUT2D eigenvalue weighted by atomic mass is 32.1. The Morgan fingerprint density at radius 2 is 2.05 bits per heavy atom. The lowest BCUT2D eigenvalue weighted by molar-refractivity contribution is 0.0694. The first-order valence-corrected chi connectivity index (χ1v) is 7.15. The summed E-state index contributed by atoms with van der Waals surface area (Å²) in [5.74, 6) is -0.327. The van der Waals surface area contributed by atoms with Crippen LogP contribution in [0.5, 0.6) is 11.6 Å². The molecule has 3 aromatic rings. The average molecular weight is 300 g/mol. The summed E-state index contributed by atoms with van der Waals surface area (Å²) >= 11 is 1.48. The first-order chi connectivity index (χ1) is 10.1. The first kappa shape index (κ1) is 13.5. The predicted molar refractivity (Wildman–Crippen MR) is 80.4 cm³/mol. The molecule has 2 heterocycles. The number of fused-ring (bicyclic) bond motifs is 1. The fourth-order valence-electron chi connectivity index (χ4n) is 2.07. The van der Waals surface area contributed by atoms with Crippen LogP contribution in [0.2, 0.25) is 0 Å². The lowest BCUT2D eigenvalue weighted by atomic mass is 10.1. The number of nitrogens with zero attached hydrogens (tertiary/aromatic N) is 2. The van der Waals surface area contributed by atoms with E-state index in [0.717, 1.165) is 21.3 Å². The molecule has 6 heteroatoms. The second-order valence-corrected chi connectivity index (χ2v) is 5.51. The predicted octanol–water partition coefficient (Wildman–Crippen LogP) is 3.80. The number of aromatic carboxylic acids is 1. The van der Waals surface area contributed by atoms with Crippen molar-refractivity contribution in [1.29, 1.82) is 0 Å². The molecule has 1 aromatic carbocycles. The zero-order valence-electron chi connectivity index (χ0n) is 11.5. The number of aryl methyl sites for hydroxylation is 2. The van der Waals surface area contributed by atoms with Gasteiger partial charge in [-0.05, 0) is 36.4 Å². The number of aromatic nitrogens is 2. The summed E-state index contributed by atoms with van der Waals surface area (Å²) < 4.78 is 6.62. The Morgan fingerprint density at radius 1 is 1.24 bits per heavy atom. The molecule has 0 amide bonds. The second kappa shape index (κ2) is 5.14. The van der Waals surface area contributed by atoms with E-state index in [1.807, 2.05) is 12.3 Å². The van der Waals surface area contributed by atoms with Crippen molar-refractivity contribution in [2.45, 2.75) is 13.8 Å². The first-order valence-electron chi connectivity index (χ1n) is 6.27. The molecule has 0 bridgehead atoms. The van der Waals surface area contributed by atoms with Crippen LogP contribution in [0.1, 0.15) is 21.5 Å². The van der Waals surface area contributed by atoms with E-state index in [4.69, 9.17) is 4.74 Å². The summed E-state index contributed by atoms with van der Waals surface area (Å²) in [7, 11) is 0. The van der Waals surface area contributed by atoms with Crippen LogP contribution in [0, 0.1) is 13.8 Å². The number of benzene rings is 1. The van der Waals surface area contributed by atoms with E-state index in [2.05, 4.69) is 9.97 Å². The van der Waals surface area contributed by atoms with Gasteiger partial charge in [0.2, 0.25) is 5.88 Å². The molecule has 0 unspecified atom stereocenters. The molecule has 2 aromatic heterocycles. The topological polar surface area (TPSA) is 72.3 Å². The van der Waals surface area contributed by atoms with E-state index >= 15 is 0 Å². The molecule has 0 saturated heterocycles. The molecule has 21 heavy (non-hydrogen) atoms. The van der Waals surface area contributed by atoms with Crippen molar-refractivity contribution in [3.8, 4) is 11.6 Å². The normalized spacial score (nSPS) is 10.8. The molecular weight excluding hydrogens is 288 g/mol. The van der Waals surface area contributed by atoms with Gasteiger partial charge >= 0.3 is 5.97 Å². The highest BCUT2D eigenvalue weighted by Crippen LogP contribution is 2.35. The van der Waals surface area contributed by atoms with Gasteiger partial charge in [-0.15, -0.1) is 11.3 Å². The summed E-state index contributed by atoms with van der Waals surface area (Å²) in [6.07, 6.45) is 1.43. The zero-order valence-corrected chi connectivity index (χ0v) is 12.3. The minimum atomic E-state index is -1.03. The van der Waals surface area contributed by atoms with Crippen LogP contribution in [-0.4, -0.2) is 21.0 Å². The number of ether oxygens (including phenoxy) is 1. The molecule has 3 rings (SSSR count). The van der Waals surface area contributed by atoms with E-state index in [1.165, 1.54) is 23.7 Å². The molecular formula is C15H12N2O3S. The number of thiophene rings is 1. The lowest BCUT2D eigenvalue weighted by Crippen LogP contribution is -2.02. The van der Waals surface area contributed by atoms with Crippen molar-refractivity contribution < 1.29 is 14.6 Å². The third-order valence-corrected chi connectivity index (χ3v) is 4.21. The van der Waals surface area contributed by atoms with Crippen molar-refractivity contribution >= 4 is 27.5 Å². The number of hydrogen-bond acceptors (Lipinski definition) is 5. The van der Waals surface area contributed by atoms with Gasteiger partial charge in [-0.2, -0.15) is 0 Å². The van der Waals surface area contributed by atoms with E-state index in [-0.39, 0.29) is 5.56 Å². The van der Waals surface area contributed by atoms with Gasteiger partial charge in [0.1, 0.15) is 22.3 Å². The van der Waals surface area contributed by atoms with Crippen LogP contribution in [0.15, 0.2) is 29.9 Å². The maximum atomic E-state index is 11.3. The maximum Gasteiger partial charge on any atom is 0.339 e. The highest BCUT2D eigenvalue weighted by molar-refractivity contribution is 7.17. The van der Waals surface area contributed by atoms with Crippen LogP contribution in [0.25, 0.3) is 10.2 Å². The molecule has 0 aliphatic carbocycles. The lowest BCUT2D eigenvalue weighted by Gasteiger charge is -2.11. The monoisotopic (exact) mass is 300 g/mol. The van der Waals surface area contributed by atoms with Gasteiger partial charge in [-0.3, -0.25) is 0 Å². The Bertz CT molecular complexity index is 842. The Morgan fingerprint density at radius 3 is 2.81 bits per heavy atom. The number of hydrogen-bond donors (Lipinski definition) is 1. The van der Waals surface area contributed by atoms with Crippen LogP contribution >= 0.6 is 11.3 Å². The molecule has 1 N–H and O–H groups in total. The molecule has 5 nitrogen and oxygen atoms in total. The third kappa shape index (κ3) is 2.34. The Hall–Kier alpha value is -2.47. The molecule has 106 valence electrons. The summed E-state index contributed by atoms with van der Waals surface area (Å²) in [4.78, 5) is 19.7. The molecule has 0 fully saturated rings. The Labute approximate surface area is 124 Å². The third-order valence-electron chi connectivity index (χ3n) is 3.14. The smallest absolute Gasteiger partial charge is 0.339 e. The SMILES string of the molecule is Cc1cccc(C(=O)O)c1Oc1ncnc2c(C)csc12. The number of carbonyl (C=O) groups is 1. The van der Waals surface area contributed by atoms with Gasteiger partial charge in [0.05, 0.1) is 5.52 Å². The molecule has 0 spiro atoms. The standard InChI is InChI=1S/C15H12N2O3S/c1-8-4-3-5-10(15(18)19)12(8)20-14-13-11(16-7-17-14)9(2)6-21-13/h3-7H,1-2H3,(H,18,19). The molecule has 0 aliphatic rings. The van der Waals surface area contributed by atoms with Crippen LogP contribution < -0.4 is 4.74 Å². The quantitative estimate of drug-likeness (QED) is 0.796. The van der Waals surface area contributed by atoms with Crippen LogP contribution in [0.3, 0.4) is 0 Å². The van der Waals surface area contributed by atoms with Gasteiger partial charge in [-0.1, -0.05) is 12.1 Å². The Balaban J connectivity index is 2.13. The van der Waals surface area contributed by atoms with Crippen LogP contribution in [0.4, 0.5) is 0 Å². The molecule has 0 saturated carbocycles. The fraction of sp³-hybridized carbons (Fsp3) is 0.133. The van der Waals surface area contributed by atoms with Gasteiger partial charge in [0.25, 0.3) is 0 Å². The van der Waals surface area contributed by atoms with E-state index in [9.17, 15) is 9.90 Å². The number of carboxylic acids is 1. The highest BCUT2D eigenvalue weighted by Gasteiger charge is 2.17. The fourth-order valence-corrected chi connectivity index (χ4v) is 3.00. The van der Waals surface area contributed by atoms with Gasteiger partial charge < -0.3 is 9.84 Å². The van der Waals surface area contributed by atoms with Crippen LogP contribution in [-0.2, 0) is 0 Å². The van der Waals surface area contributed by atoms with Crippen molar-refractivity contribution in [2.75, 3.05) is 0 Å². The van der Waals surface area contributed by atoms with E-state index in [0.29, 0.717) is 11.6 Å². The zero-order chi connectivity index (χ0) is 15.0. The van der Waals surface area contributed by atoms with Gasteiger partial charge in [-0.25, -0.2) is 14.8 Å². The minimum Gasteiger partial charge on any atom is -0.478 e. The number of para-hydroxylation sites is 1. The van der Waals surface area contributed by atoms with E-state index in [1.54, 1.807) is 19.1 Å². The maximum absolute atomic E-state index is 11.3. The van der Waals surface area contributed by atoms with Gasteiger partial charge in [0.15, 0.2) is 0 Å². The van der Waals surface area contributed by atoms with Crippen molar-refractivity contribution in [3.05, 3.63) is 46.6 Å². The average Bonchev–Trinajstić information content (AvgIpc) is 2.84. The van der Waals surface area contributed by atoms with Crippen molar-refractivity contribution in [2.24, 2.45) is 0 Å². The summed E-state index contributed by atoms with van der Waals surface area (Å²) in [6, 6.07) is 5.01. The largest absolute Gasteiger partial charge is 0.478 e.